The third kappa shape index (κ3) is 5.13. The number of rotatable bonds is 7. The van der Waals surface area contributed by atoms with E-state index >= 15 is 0 Å². The zero-order chi connectivity index (χ0) is 23.7. The van der Waals surface area contributed by atoms with Gasteiger partial charge in [-0.3, -0.25) is 13.9 Å². The third-order valence-electron chi connectivity index (χ3n) is 5.89. The summed E-state index contributed by atoms with van der Waals surface area (Å²) in [5.74, 6) is 0.607. The molecular weight excluding hydrogens is 406 g/mol. The van der Waals surface area contributed by atoms with Crippen molar-refractivity contribution in [2.45, 2.75) is 78.5 Å². The van der Waals surface area contributed by atoms with E-state index in [0.29, 0.717) is 24.4 Å². The summed E-state index contributed by atoms with van der Waals surface area (Å²) < 4.78 is 8.11. The second kappa shape index (κ2) is 8.95. The molecule has 1 atom stereocenters. The Balaban J connectivity index is 1.68. The predicted octanol–water partition coefficient (Wildman–Crippen LogP) is 2.98. The van der Waals surface area contributed by atoms with Crippen LogP contribution >= 0.6 is 0 Å². The average Bonchev–Trinajstić information content (AvgIpc) is 3.18. The summed E-state index contributed by atoms with van der Waals surface area (Å²) in [6, 6.07) is 9.73. The first-order valence-electron chi connectivity index (χ1n) is 11.1. The Kier molecular flexibility index (Phi) is 6.66. The Morgan fingerprint density at radius 2 is 1.81 bits per heavy atom. The van der Waals surface area contributed by atoms with E-state index in [-0.39, 0.29) is 29.5 Å². The quantitative estimate of drug-likeness (QED) is 0.715. The van der Waals surface area contributed by atoms with Crippen molar-refractivity contribution in [1.29, 1.82) is 5.26 Å². The molecule has 7 heteroatoms. The monoisotopic (exact) mass is 439 g/mol. The maximum absolute atomic E-state index is 12.7. The largest absolute Gasteiger partial charge is 0.491 e. The lowest BCUT2D eigenvalue weighted by molar-refractivity contribution is 0.0899. The summed E-state index contributed by atoms with van der Waals surface area (Å²) in [6.45, 7) is 11.3. The fourth-order valence-corrected chi connectivity index (χ4v) is 4.80. The molecule has 0 saturated heterocycles. The van der Waals surface area contributed by atoms with Crippen molar-refractivity contribution < 1.29 is 9.84 Å². The molecule has 0 aliphatic carbocycles. The van der Waals surface area contributed by atoms with Crippen LogP contribution < -0.4 is 16.0 Å². The van der Waals surface area contributed by atoms with Gasteiger partial charge in [-0.2, -0.15) is 5.26 Å². The molecule has 32 heavy (non-hydrogen) atoms. The highest BCUT2D eigenvalue weighted by Crippen LogP contribution is 2.36. The van der Waals surface area contributed by atoms with Gasteiger partial charge in [0.25, 0.3) is 5.56 Å². The van der Waals surface area contributed by atoms with E-state index in [1.165, 1.54) is 10.1 Å². The van der Waals surface area contributed by atoms with E-state index in [9.17, 15) is 20.0 Å². The molecule has 0 radical (unpaired) electrons. The number of hydrogen-bond acceptors (Lipinski definition) is 5. The van der Waals surface area contributed by atoms with Crippen LogP contribution in [0.25, 0.3) is 0 Å². The van der Waals surface area contributed by atoms with Gasteiger partial charge >= 0.3 is 5.69 Å². The molecule has 1 aliphatic rings. The zero-order valence-electron chi connectivity index (χ0n) is 19.6. The van der Waals surface area contributed by atoms with Crippen LogP contribution in [0.4, 0.5) is 0 Å². The fourth-order valence-electron chi connectivity index (χ4n) is 4.80. The highest BCUT2D eigenvalue weighted by atomic mass is 16.5. The number of aliphatic hydroxyl groups is 1. The van der Waals surface area contributed by atoms with Gasteiger partial charge in [0.1, 0.15) is 30.1 Å². The number of aliphatic hydroxyl groups excluding tert-OH is 1. The maximum Gasteiger partial charge on any atom is 0.331 e. The molecule has 0 saturated carbocycles. The van der Waals surface area contributed by atoms with Gasteiger partial charge in [-0.15, -0.1) is 0 Å². The molecule has 1 aliphatic heterocycles. The van der Waals surface area contributed by atoms with Crippen LogP contribution in [0.1, 0.15) is 64.3 Å². The number of nitriles is 1. The van der Waals surface area contributed by atoms with Crippen LogP contribution in [0.3, 0.4) is 0 Å². The van der Waals surface area contributed by atoms with Gasteiger partial charge in [-0.25, -0.2) is 4.79 Å². The minimum atomic E-state index is -1.07. The summed E-state index contributed by atoms with van der Waals surface area (Å²) in [5, 5.41) is 19.8. The Bertz CT molecular complexity index is 1130. The van der Waals surface area contributed by atoms with Gasteiger partial charge < -0.3 is 9.84 Å². The first-order valence-corrected chi connectivity index (χ1v) is 11.1. The number of nitrogens with zero attached hydrogens (tertiary/aromatic N) is 3. The second-order valence-corrected chi connectivity index (χ2v) is 10.5. The molecule has 0 spiro atoms. The van der Waals surface area contributed by atoms with Crippen molar-refractivity contribution in [3.05, 3.63) is 61.9 Å². The molecule has 0 bridgehead atoms. The fraction of sp³-hybridized carbons (Fsp3) is 0.560. The predicted molar refractivity (Wildman–Crippen MR) is 123 cm³/mol. The summed E-state index contributed by atoms with van der Waals surface area (Å²) in [5.41, 5.74) is 0.805. The van der Waals surface area contributed by atoms with Crippen LogP contribution in [-0.4, -0.2) is 27.0 Å². The average molecular weight is 440 g/mol. The normalized spacial score (nSPS) is 14.7. The smallest absolute Gasteiger partial charge is 0.331 e. The van der Waals surface area contributed by atoms with Gasteiger partial charge in [-0.05, 0) is 47.8 Å². The van der Waals surface area contributed by atoms with Crippen molar-refractivity contribution in [2.75, 3.05) is 6.61 Å². The Morgan fingerprint density at radius 3 is 2.41 bits per heavy atom. The number of aromatic nitrogens is 2. The van der Waals surface area contributed by atoms with Gasteiger partial charge in [0.05, 0.1) is 6.54 Å². The maximum atomic E-state index is 12.7. The van der Waals surface area contributed by atoms with E-state index in [1.54, 1.807) is 0 Å². The molecule has 7 nitrogen and oxygen atoms in total. The van der Waals surface area contributed by atoms with Crippen LogP contribution in [0.5, 0.6) is 5.75 Å². The van der Waals surface area contributed by atoms with Crippen molar-refractivity contribution in [2.24, 2.45) is 5.41 Å². The van der Waals surface area contributed by atoms with Gasteiger partial charge in [0, 0.05) is 12.2 Å². The molecule has 172 valence electrons. The SMILES string of the molecule is CC(C)(C)CC(C)(C)c1ccc(OC[C@H](O)Cn2c(=O)c(C#N)c3n(c2=O)CCC3)cc1. The van der Waals surface area contributed by atoms with Crippen LogP contribution in [0.15, 0.2) is 33.9 Å². The number of ether oxygens (including phenoxy) is 1. The van der Waals surface area contributed by atoms with Gasteiger partial charge in [0.15, 0.2) is 0 Å². The van der Waals surface area contributed by atoms with Gasteiger partial charge in [-0.1, -0.05) is 46.8 Å². The molecule has 2 heterocycles. The molecule has 0 amide bonds. The van der Waals surface area contributed by atoms with E-state index < -0.39 is 17.4 Å². The van der Waals surface area contributed by atoms with Crippen LogP contribution in [0, 0.1) is 16.7 Å². The van der Waals surface area contributed by atoms with Crippen molar-refractivity contribution in [1.82, 2.24) is 9.13 Å². The number of benzene rings is 1. The summed E-state index contributed by atoms with van der Waals surface area (Å²) in [6.07, 6.45) is 1.24. The lowest BCUT2D eigenvalue weighted by Crippen LogP contribution is -2.44. The summed E-state index contributed by atoms with van der Waals surface area (Å²) >= 11 is 0. The highest BCUT2D eigenvalue weighted by Gasteiger charge is 2.27. The number of hydrogen-bond donors (Lipinski definition) is 1. The summed E-state index contributed by atoms with van der Waals surface area (Å²) in [7, 11) is 0. The highest BCUT2D eigenvalue weighted by molar-refractivity contribution is 5.33. The Labute approximate surface area is 188 Å². The van der Waals surface area contributed by atoms with Crippen molar-refractivity contribution in [3.8, 4) is 11.8 Å². The molecule has 1 aromatic heterocycles. The number of fused-ring (bicyclic) bond motifs is 1. The van der Waals surface area contributed by atoms with E-state index in [4.69, 9.17) is 4.74 Å². The topological polar surface area (TPSA) is 97.2 Å². The van der Waals surface area contributed by atoms with E-state index in [0.717, 1.165) is 17.4 Å². The van der Waals surface area contributed by atoms with Crippen molar-refractivity contribution in [3.63, 3.8) is 0 Å². The molecular formula is C25H33N3O4. The van der Waals surface area contributed by atoms with Gasteiger partial charge in [0.2, 0.25) is 0 Å². The van der Waals surface area contributed by atoms with Crippen molar-refractivity contribution >= 4 is 0 Å². The minimum Gasteiger partial charge on any atom is -0.491 e. The minimum absolute atomic E-state index is 0.0105. The van der Waals surface area contributed by atoms with Crippen LogP contribution in [0.2, 0.25) is 0 Å². The zero-order valence-corrected chi connectivity index (χ0v) is 19.6. The van der Waals surface area contributed by atoms with Crippen LogP contribution in [-0.2, 0) is 24.9 Å². The summed E-state index contributed by atoms with van der Waals surface area (Å²) in [4.78, 5) is 25.3. The second-order valence-electron chi connectivity index (χ2n) is 10.5. The molecule has 1 N–H and O–H groups in total. The van der Waals surface area contributed by atoms with E-state index in [2.05, 4.69) is 34.6 Å². The lowest BCUT2D eigenvalue weighted by atomic mass is 9.72. The molecule has 0 fully saturated rings. The lowest BCUT2D eigenvalue weighted by Gasteiger charge is -2.33. The molecule has 3 rings (SSSR count). The first kappa shape index (κ1) is 23.8. The Hall–Kier alpha value is -2.85. The standard InChI is InChI=1S/C25H33N3O4/c1-24(2,3)16-25(4,5)17-8-10-19(11-9-17)32-15-18(29)14-28-22(30)20(13-26)21-7-6-12-27(21)23(28)31/h8-11,18,29H,6-7,12,14-16H2,1-5H3/t18-/m1/s1. The molecule has 2 aromatic rings. The molecule has 0 unspecified atom stereocenters. The first-order chi connectivity index (χ1) is 14.9. The Morgan fingerprint density at radius 1 is 1.16 bits per heavy atom. The molecule has 1 aromatic carbocycles. The van der Waals surface area contributed by atoms with E-state index in [1.807, 2.05) is 30.3 Å². The third-order valence-corrected chi connectivity index (χ3v) is 5.89.